The number of hydrogen-bond acceptors (Lipinski definition) is 4. The number of hydroxylamine groups is 2. The van der Waals surface area contributed by atoms with Gasteiger partial charge in [-0.05, 0) is 65.7 Å². The number of rotatable bonds is 18. The van der Waals surface area contributed by atoms with E-state index < -0.39 is 13.4 Å². The van der Waals surface area contributed by atoms with Crippen LogP contribution in [-0.2, 0) is 9.63 Å². The van der Waals surface area contributed by atoms with Gasteiger partial charge in [0, 0.05) is 30.8 Å². The first-order chi connectivity index (χ1) is 17.0. The van der Waals surface area contributed by atoms with Crippen LogP contribution in [0.3, 0.4) is 0 Å². The van der Waals surface area contributed by atoms with Crippen LogP contribution in [0.4, 0.5) is 0 Å². The van der Waals surface area contributed by atoms with Crippen LogP contribution in [0.1, 0.15) is 127 Å². The van der Waals surface area contributed by atoms with Gasteiger partial charge in [0.25, 0.3) is 5.91 Å². The highest BCUT2D eigenvalue weighted by atomic mass is 31.2. The Hall–Kier alpha value is -0.220. The highest BCUT2D eigenvalue weighted by Crippen LogP contribution is 2.61. The molecule has 0 radical (unpaired) electrons. The third kappa shape index (κ3) is 8.92. The minimum atomic E-state index is -0.928. The Bertz CT molecular complexity index is 612. The fourth-order valence-electron chi connectivity index (χ4n) is 6.05. The van der Waals surface area contributed by atoms with E-state index in [9.17, 15) is 9.90 Å². The molecule has 1 fully saturated rings. The van der Waals surface area contributed by atoms with Crippen molar-refractivity contribution in [2.75, 3.05) is 31.2 Å². The average Bonchev–Trinajstić information content (AvgIpc) is 2.88. The van der Waals surface area contributed by atoms with Crippen LogP contribution in [0, 0.1) is 5.92 Å². The van der Waals surface area contributed by atoms with Crippen molar-refractivity contribution in [3.8, 4) is 0 Å². The number of nitrogens with zero attached hydrogens (tertiary/aromatic N) is 1. The fraction of sp³-hybridized carbons (Fsp3) is 0.967. The molecule has 5 unspecified atom stereocenters. The van der Waals surface area contributed by atoms with Gasteiger partial charge in [-0.3, -0.25) is 9.63 Å². The number of nitrogens with one attached hydrogen (secondary N) is 1. The van der Waals surface area contributed by atoms with E-state index >= 15 is 0 Å². The summed E-state index contributed by atoms with van der Waals surface area (Å²) in [6.07, 6.45) is 16.1. The minimum absolute atomic E-state index is 0.0229. The standard InChI is InChI=1S/C30H61N2O3P/c1-10-15-20-36(21-16-11-2,22-17-12-3)23-18-19-31-28(34)26(7)35-32-29(8,13-4)24-27(33)25(6)30(32,9)14-5/h25-27,33H,10-24H2,1-9H3/p+1. The van der Waals surface area contributed by atoms with Gasteiger partial charge in [0.15, 0.2) is 6.10 Å². The molecule has 5 atom stereocenters. The molecule has 0 aromatic rings. The molecular formula is C30H62N2O3P+. The number of carbonyl (C=O) groups excluding carboxylic acids is 1. The van der Waals surface area contributed by atoms with E-state index in [1.165, 1.54) is 63.2 Å². The molecule has 0 aromatic carbocycles. The van der Waals surface area contributed by atoms with E-state index in [2.05, 4.69) is 65.8 Å². The Morgan fingerprint density at radius 2 is 1.47 bits per heavy atom. The van der Waals surface area contributed by atoms with Gasteiger partial charge in [0.2, 0.25) is 0 Å². The van der Waals surface area contributed by atoms with Crippen molar-refractivity contribution < 1.29 is 14.7 Å². The summed E-state index contributed by atoms with van der Waals surface area (Å²) in [6.45, 7) is 20.3. The first kappa shape index (κ1) is 33.8. The predicted molar refractivity (Wildman–Crippen MR) is 158 cm³/mol. The lowest BCUT2D eigenvalue weighted by atomic mass is 9.69. The van der Waals surface area contributed by atoms with E-state index in [1.54, 1.807) is 0 Å². The van der Waals surface area contributed by atoms with Gasteiger partial charge < -0.3 is 10.4 Å². The third-order valence-electron chi connectivity index (χ3n) is 9.34. The Kier molecular flexibility index (Phi) is 15.0. The predicted octanol–water partition coefficient (Wildman–Crippen LogP) is 7.27. The lowest BCUT2D eigenvalue weighted by Gasteiger charge is -2.58. The zero-order valence-corrected chi connectivity index (χ0v) is 26.4. The summed E-state index contributed by atoms with van der Waals surface area (Å²) in [5.74, 6) is 0.0501. The summed E-state index contributed by atoms with van der Waals surface area (Å²) in [5.41, 5.74) is -0.619. The van der Waals surface area contributed by atoms with E-state index in [1.807, 2.05) is 6.92 Å². The maximum Gasteiger partial charge on any atom is 0.250 e. The molecule has 1 rings (SSSR count). The van der Waals surface area contributed by atoms with Crippen LogP contribution in [0.25, 0.3) is 0 Å². The van der Waals surface area contributed by atoms with Crippen molar-refractivity contribution >= 4 is 13.2 Å². The lowest BCUT2D eigenvalue weighted by Crippen LogP contribution is -2.68. The maximum atomic E-state index is 13.1. The average molecular weight is 530 g/mol. The molecule has 1 amide bonds. The molecule has 214 valence electrons. The molecule has 0 aromatic heterocycles. The lowest BCUT2D eigenvalue weighted by molar-refractivity contribution is -0.328. The van der Waals surface area contributed by atoms with E-state index in [0.717, 1.165) is 25.8 Å². The summed E-state index contributed by atoms with van der Waals surface area (Å²) < 4.78 is 0. The zero-order valence-electron chi connectivity index (χ0n) is 25.5. The Balaban J connectivity index is 2.79. The zero-order chi connectivity index (χ0) is 27.4. The SMILES string of the molecule is CCCC[P+](CCCC)(CCCC)CCCNC(=O)C(C)ON1C(C)(CC)CC(O)C(C)C1(C)CC. The number of piperidine rings is 1. The molecule has 2 N–H and O–H groups in total. The van der Waals surface area contributed by atoms with Crippen LogP contribution in [0.5, 0.6) is 0 Å². The van der Waals surface area contributed by atoms with Crippen molar-refractivity contribution in [2.24, 2.45) is 5.92 Å². The Labute approximate surface area is 225 Å². The first-order valence-electron chi connectivity index (χ1n) is 15.3. The number of unbranched alkanes of at least 4 members (excludes halogenated alkanes) is 3. The van der Waals surface area contributed by atoms with Gasteiger partial charge in [-0.15, -0.1) is 0 Å². The van der Waals surface area contributed by atoms with Gasteiger partial charge in [-0.25, -0.2) is 0 Å². The summed E-state index contributed by atoms with van der Waals surface area (Å²) in [6, 6.07) is 0. The number of amides is 1. The summed E-state index contributed by atoms with van der Waals surface area (Å²) in [4.78, 5) is 19.6. The minimum Gasteiger partial charge on any atom is -0.393 e. The summed E-state index contributed by atoms with van der Waals surface area (Å²) >= 11 is 0. The van der Waals surface area contributed by atoms with Crippen LogP contribution in [0.2, 0.25) is 0 Å². The van der Waals surface area contributed by atoms with Crippen LogP contribution in [-0.4, -0.2) is 70.6 Å². The molecule has 1 heterocycles. The molecule has 0 spiro atoms. The van der Waals surface area contributed by atoms with E-state index in [4.69, 9.17) is 4.84 Å². The molecule has 1 saturated heterocycles. The van der Waals surface area contributed by atoms with Gasteiger partial charge in [-0.1, -0.05) is 60.8 Å². The van der Waals surface area contributed by atoms with Crippen molar-refractivity contribution in [1.82, 2.24) is 10.4 Å². The second-order valence-corrected chi connectivity index (χ2v) is 16.6. The summed E-state index contributed by atoms with van der Waals surface area (Å²) in [7, 11) is -0.928. The summed E-state index contributed by atoms with van der Waals surface area (Å²) in [5, 5.41) is 16.1. The molecule has 6 heteroatoms. The monoisotopic (exact) mass is 529 g/mol. The molecule has 0 saturated carbocycles. The highest BCUT2D eigenvalue weighted by Gasteiger charge is 2.54. The molecule has 0 aliphatic carbocycles. The van der Waals surface area contributed by atoms with Gasteiger partial charge in [-0.2, -0.15) is 5.06 Å². The molecule has 5 nitrogen and oxygen atoms in total. The second-order valence-electron chi connectivity index (χ2n) is 12.1. The molecule has 1 aliphatic heterocycles. The Morgan fingerprint density at radius 3 is 1.92 bits per heavy atom. The van der Waals surface area contributed by atoms with Crippen molar-refractivity contribution in [2.45, 2.75) is 150 Å². The fourth-order valence-corrected chi connectivity index (χ4v) is 11.2. The van der Waals surface area contributed by atoms with Crippen molar-refractivity contribution in [3.05, 3.63) is 0 Å². The van der Waals surface area contributed by atoms with Crippen molar-refractivity contribution in [3.63, 3.8) is 0 Å². The van der Waals surface area contributed by atoms with Crippen LogP contribution < -0.4 is 5.32 Å². The number of carbonyl (C=O) groups is 1. The normalized spacial score (nSPS) is 28.3. The topological polar surface area (TPSA) is 61.8 Å². The van der Waals surface area contributed by atoms with E-state index in [-0.39, 0.29) is 29.0 Å². The number of hydrogen-bond donors (Lipinski definition) is 2. The third-order valence-corrected chi connectivity index (χ3v) is 14.4. The smallest absolute Gasteiger partial charge is 0.250 e. The molecular weight excluding hydrogens is 467 g/mol. The largest absolute Gasteiger partial charge is 0.393 e. The molecule has 1 aliphatic rings. The second kappa shape index (κ2) is 16.0. The quantitative estimate of drug-likeness (QED) is 0.145. The van der Waals surface area contributed by atoms with E-state index in [0.29, 0.717) is 6.42 Å². The molecule has 0 bridgehead atoms. The van der Waals surface area contributed by atoms with Gasteiger partial charge >= 0.3 is 0 Å². The van der Waals surface area contributed by atoms with Gasteiger partial charge in [0.05, 0.1) is 30.8 Å². The highest BCUT2D eigenvalue weighted by molar-refractivity contribution is 7.75. The molecule has 36 heavy (non-hydrogen) atoms. The Morgan fingerprint density at radius 1 is 0.972 bits per heavy atom. The van der Waals surface area contributed by atoms with Gasteiger partial charge in [0.1, 0.15) is 0 Å². The first-order valence-corrected chi connectivity index (χ1v) is 17.8. The van der Waals surface area contributed by atoms with Crippen LogP contribution >= 0.6 is 7.26 Å². The number of aliphatic hydroxyl groups is 1. The van der Waals surface area contributed by atoms with Crippen LogP contribution in [0.15, 0.2) is 0 Å². The maximum absolute atomic E-state index is 13.1. The van der Waals surface area contributed by atoms with Crippen molar-refractivity contribution in [1.29, 1.82) is 0 Å². The number of aliphatic hydroxyl groups excluding tert-OH is 1.